The van der Waals surface area contributed by atoms with Crippen molar-refractivity contribution in [2.45, 2.75) is 44.9 Å². The number of amides is 1. The molecule has 3 heteroatoms. The molecule has 0 atom stereocenters. The molecular weight excluding hydrogens is 190 g/mol. The Bertz CT molecular complexity index is 246. The summed E-state index contributed by atoms with van der Waals surface area (Å²) in [6.45, 7) is 1.87. The second kappa shape index (κ2) is 4.77. The van der Waals surface area contributed by atoms with Crippen molar-refractivity contribution >= 4 is 11.7 Å². The lowest BCUT2D eigenvalue weighted by Gasteiger charge is -2.31. The SMILES string of the molecule is O=C1CCC(C(=O)N2CCCCC2)CC1. The van der Waals surface area contributed by atoms with Crippen LogP contribution in [0.15, 0.2) is 0 Å². The summed E-state index contributed by atoms with van der Waals surface area (Å²) >= 11 is 0. The number of likely N-dealkylation sites (tertiary alicyclic amines) is 1. The molecule has 1 amide bonds. The maximum atomic E-state index is 12.1. The van der Waals surface area contributed by atoms with Gasteiger partial charge >= 0.3 is 0 Å². The van der Waals surface area contributed by atoms with Gasteiger partial charge in [0.05, 0.1) is 0 Å². The van der Waals surface area contributed by atoms with Gasteiger partial charge in [-0.3, -0.25) is 9.59 Å². The maximum Gasteiger partial charge on any atom is 0.225 e. The van der Waals surface area contributed by atoms with E-state index in [4.69, 9.17) is 0 Å². The van der Waals surface area contributed by atoms with Gasteiger partial charge in [0.2, 0.25) is 5.91 Å². The summed E-state index contributed by atoms with van der Waals surface area (Å²) < 4.78 is 0. The third-order valence-electron chi connectivity index (χ3n) is 3.56. The highest BCUT2D eigenvalue weighted by Crippen LogP contribution is 2.24. The second-order valence-electron chi connectivity index (χ2n) is 4.70. The molecule has 0 unspecified atom stereocenters. The fourth-order valence-electron chi connectivity index (χ4n) is 2.56. The van der Waals surface area contributed by atoms with Gasteiger partial charge in [-0.2, -0.15) is 0 Å². The second-order valence-corrected chi connectivity index (χ2v) is 4.70. The Kier molecular flexibility index (Phi) is 3.39. The highest BCUT2D eigenvalue weighted by molar-refractivity contribution is 5.84. The Balaban J connectivity index is 1.86. The molecule has 1 saturated heterocycles. The highest BCUT2D eigenvalue weighted by Gasteiger charge is 2.28. The van der Waals surface area contributed by atoms with Gasteiger partial charge in [0.25, 0.3) is 0 Å². The van der Waals surface area contributed by atoms with Gasteiger partial charge in [-0.25, -0.2) is 0 Å². The van der Waals surface area contributed by atoms with E-state index in [0.717, 1.165) is 38.8 Å². The molecule has 3 nitrogen and oxygen atoms in total. The Morgan fingerprint density at radius 2 is 1.67 bits per heavy atom. The molecule has 0 N–H and O–H groups in total. The van der Waals surface area contributed by atoms with Crippen LogP contribution in [-0.4, -0.2) is 29.7 Å². The monoisotopic (exact) mass is 209 g/mol. The summed E-state index contributed by atoms with van der Waals surface area (Å²) in [6.07, 6.45) is 6.36. The minimum atomic E-state index is 0.140. The first kappa shape index (κ1) is 10.7. The molecule has 0 radical (unpaired) electrons. The third kappa shape index (κ3) is 2.58. The lowest BCUT2D eigenvalue weighted by Crippen LogP contribution is -2.40. The smallest absolute Gasteiger partial charge is 0.225 e. The molecule has 84 valence electrons. The normalized spacial score (nSPS) is 24.3. The van der Waals surface area contributed by atoms with E-state index >= 15 is 0 Å². The van der Waals surface area contributed by atoms with E-state index in [9.17, 15) is 9.59 Å². The summed E-state index contributed by atoms with van der Waals surface area (Å²) in [7, 11) is 0. The molecule has 2 aliphatic rings. The molecular formula is C12H19NO2. The zero-order chi connectivity index (χ0) is 10.7. The molecule has 0 spiro atoms. The number of hydrogen-bond donors (Lipinski definition) is 0. The molecule has 1 saturated carbocycles. The number of Topliss-reactive ketones (excluding diaryl/α,β-unsaturated/α-hetero) is 1. The first-order chi connectivity index (χ1) is 7.27. The zero-order valence-electron chi connectivity index (χ0n) is 9.21. The zero-order valence-corrected chi connectivity index (χ0v) is 9.21. The summed E-state index contributed by atoms with van der Waals surface area (Å²) in [4.78, 5) is 25.2. The van der Waals surface area contributed by atoms with E-state index in [1.165, 1.54) is 6.42 Å². The predicted molar refractivity (Wildman–Crippen MR) is 57.4 cm³/mol. The van der Waals surface area contributed by atoms with Crippen molar-refractivity contribution in [3.05, 3.63) is 0 Å². The van der Waals surface area contributed by atoms with Crippen LogP contribution in [0.3, 0.4) is 0 Å². The van der Waals surface area contributed by atoms with Crippen molar-refractivity contribution in [2.24, 2.45) is 5.92 Å². The fourth-order valence-corrected chi connectivity index (χ4v) is 2.56. The molecule has 0 aromatic carbocycles. The van der Waals surface area contributed by atoms with E-state index in [1.807, 2.05) is 4.90 Å². The number of rotatable bonds is 1. The van der Waals surface area contributed by atoms with Crippen LogP contribution >= 0.6 is 0 Å². The van der Waals surface area contributed by atoms with Gasteiger partial charge in [-0.15, -0.1) is 0 Å². The number of ketones is 1. The van der Waals surface area contributed by atoms with E-state index in [2.05, 4.69) is 0 Å². The largest absolute Gasteiger partial charge is 0.342 e. The van der Waals surface area contributed by atoms with E-state index in [0.29, 0.717) is 24.5 Å². The number of piperidine rings is 1. The van der Waals surface area contributed by atoms with E-state index < -0.39 is 0 Å². The third-order valence-corrected chi connectivity index (χ3v) is 3.56. The molecule has 0 aromatic heterocycles. The Labute approximate surface area is 90.8 Å². The van der Waals surface area contributed by atoms with Crippen LogP contribution in [0.5, 0.6) is 0 Å². The molecule has 0 bridgehead atoms. The molecule has 2 rings (SSSR count). The van der Waals surface area contributed by atoms with Crippen molar-refractivity contribution < 1.29 is 9.59 Å². The topological polar surface area (TPSA) is 37.4 Å². The number of hydrogen-bond acceptors (Lipinski definition) is 2. The van der Waals surface area contributed by atoms with E-state index in [1.54, 1.807) is 0 Å². The molecule has 1 heterocycles. The van der Waals surface area contributed by atoms with Gasteiger partial charge in [-0.05, 0) is 32.1 Å². The molecule has 2 fully saturated rings. The van der Waals surface area contributed by atoms with Gasteiger partial charge in [-0.1, -0.05) is 0 Å². The van der Waals surface area contributed by atoms with Gasteiger partial charge in [0.1, 0.15) is 5.78 Å². The first-order valence-corrected chi connectivity index (χ1v) is 6.08. The standard InChI is InChI=1S/C12H19NO2/c14-11-6-4-10(5-7-11)12(15)13-8-2-1-3-9-13/h10H,1-9H2. The van der Waals surface area contributed by atoms with Crippen LogP contribution in [-0.2, 0) is 9.59 Å². The van der Waals surface area contributed by atoms with Crippen LogP contribution in [0.4, 0.5) is 0 Å². The lowest BCUT2D eigenvalue weighted by atomic mass is 9.87. The maximum absolute atomic E-state index is 12.1. The average molecular weight is 209 g/mol. The van der Waals surface area contributed by atoms with Crippen molar-refractivity contribution in [3.8, 4) is 0 Å². The Morgan fingerprint density at radius 1 is 1.07 bits per heavy atom. The summed E-state index contributed by atoms with van der Waals surface area (Å²) in [5.74, 6) is 0.778. The molecule has 0 aromatic rings. The minimum absolute atomic E-state index is 0.140. The van der Waals surface area contributed by atoms with Crippen LogP contribution in [0, 0.1) is 5.92 Å². The quantitative estimate of drug-likeness (QED) is 0.660. The van der Waals surface area contributed by atoms with Crippen molar-refractivity contribution in [1.29, 1.82) is 0 Å². The van der Waals surface area contributed by atoms with Crippen LogP contribution in [0.25, 0.3) is 0 Å². The molecule has 1 aliphatic heterocycles. The fraction of sp³-hybridized carbons (Fsp3) is 0.833. The average Bonchev–Trinajstić information content (AvgIpc) is 2.30. The number of carbonyl (C=O) groups excluding carboxylic acids is 2. The molecule has 15 heavy (non-hydrogen) atoms. The molecule has 1 aliphatic carbocycles. The van der Waals surface area contributed by atoms with Crippen LogP contribution in [0.2, 0.25) is 0 Å². The summed E-state index contributed by atoms with van der Waals surface area (Å²) in [5.41, 5.74) is 0. The number of nitrogens with zero attached hydrogens (tertiary/aromatic N) is 1. The predicted octanol–water partition coefficient (Wildman–Crippen LogP) is 1.76. The summed E-state index contributed by atoms with van der Waals surface area (Å²) in [5, 5.41) is 0. The Morgan fingerprint density at radius 3 is 2.27 bits per heavy atom. The van der Waals surface area contributed by atoms with Crippen LogP contribution < -0.4 is 0 Å². The van der Waals surface area contributed by atoms with Gasteiger partial charge in [0.15, 0.2) is 0 Å². The first-order valence-electron chi connectivity index (χ1n) is 6.08. The van der Waals surface area contributed by atoms with Crippen molar-refractivity contribution in [2.75, 3.05) is 13.1 Å². The minimum Gasteiger partial charge on any atom is -0.342 e. The van der Waals surface area contributed by atoms with Gasteiger partial charge in [0, 0.05) is 31.8 Å². The van der Waals surface area contributed by atoms with E-state index in [-0.39, 0.29) is 5.92 Å². The number of carbonyl (C=O) groups is 2. The Hall–Kier alpha value is -0.860. The lowest BCUT2D eigenvalue weighted by molar-refractivity contribution is -0.138. The van der Waals surface area contributed by atoms with Crippen molar-refractivity contribution in [1.82, 2.24) is 4.90 Å². The van der Waals surface area contributed by atoms with Crippen molar-refractivity contribution in [3.63, 3.8) is 0 Å². The summed E-state index contributed by atoms with van der Waals surface area (Å²) in [6, 6.07) is 0. The van der Waals surface area contributed by atoms with Crippen LogP contribution in [0.1, 0.15) is 44.9 Å². The van der Waals surface area contributed by atoms with Gasteiger partial charge < -0.3 is 4.90 Å². The highest BCUT2D eigenvalue weighted by atomic mass is 16.2.